The number of aryl methyl sites for hydroxylation is 1. The van der Waals surface area contributed by atoms with Crippen molar-refractivity contribution in [2.45, 2.75) is 71.4 Å². The van der Waals surface area contributed by atoms with Crippen LogP contribution in [-0.4, -0.2) is 54.3 Å². The standard InChI is InChI=1S/C34H45N3O3/c1-2-25-6-5-7-26(14-25)24-40-31-9-4-3-8-30(31)23-36-10-12-37(13-11-36)33(39)22-35-32(38)21-34-18-27-15-28(19-34)17-29(16-27)20-34/h3-9,14,27-29H,2,10-13,15-24H2,1H3,(H,35,38). The largest absolute Gasteiger partial charge is 0.489 e. The molecule has 0 atom stereocenters. The molecule has 0 aromatic heterocycles. The van der Waals surface area contributed by atoms with Gasteiger partial charge >= 0.3 is 0 Å². The van der Waals surface area contributed by atoms with E-state index in [4.69, 9.17) is 4.74 Å². The van der Waals surface area contributed by atoms with Gasteiger partial charge in [-0.2, -0.15) is 0 Å². The third-order valence-corrected chi connectivity index (χ3v) is 10.0. The average molecular weight is 544 g/mol. The van der Waals surface area contributed by atoms with Crippen molar-refractivity contribution in [1.29, 1.82) is 0 Å². The Morgan fingerprint density at radius 2 is 1.57 bits per heavy atom. The summed E-state index contributed by atoms with van der Waals surface area (Å²) in [7, 11) is 0. The molecular weight excluding hydrogens is 498 g/mol. The minimum atomic E-state index is 0.0385. The fourth-order valence-electron chi connectivity index (χ4n) is 8.47. The van der Waals surface area contributed by atoms with Gasteiger partial charge in [0.2, 0.25) is 11.8 Å². The first-order chi connectivity index (χ1) is 19.5. The summed E-state index contributed by atoms with van der Waals surface area (Å²) in [6.07, 6.45) is 9.47. The fourth-order valence-corrected chi connectivity index (χ4v) is 8.47. The molecule has 214 valence electrons. The van der Waals surface area contributed by atoms with Gasteiger partial charge in [-0.1, -0.05) is 49.4 Å². The third kappa shape index (κ3) is 6.38. The van der Waals surface area contributed by atoms with Crippen LogP contribution < -0.4 is 10.1 Å². The van der Waals surface area contributed by atoms with E-state index in [-0.39, 0.29) is 23.8 Å². The monoisotopic (exact) mass is 543 g/mol. The molecule has 1 saturated heterocycles. The number of carbonyl (C=O) groups excluding carboxylic acids is 2. The molecule has 4 saturated carbocycles. The highest BCUT2D eigenvalue weighted by atomic mass is 16.5. The van der Waals surface area contributed by atoms with Gasteiger partial charge in [-0.25, -0.2) is 0 Å². The molecule has 7 rings (SSSR count). The first-order valence-electron chi connectivity index (χ1n) is 15.5. The van der Waals surface area contributed by atoms with Crippen LogP contribution >= 0.6 is 0 Å². The molecule has 0 radical (unpaired) electrons. The Kier molecular flexibility index (Phi) is 8.15. The number of benzene rings is 2. The predicted octanol–water partition coefficient (Wildman–Crippen LogP) is 5.19. The highest BCUT2D eigenvalue weighted by Gasteiger charge is 2.51. The van der Waals surface area contributed by atoms with Crippen molar-refractivity contribution in [3.8, 4) is 5.75 Å². The maximum Gasteiger partial charge on any atom is 0.242 e. The second kappa shape index (κ2) is 11.9. The molecule has 1 heterocycles. The molecule has 2 aromatic rings. The van der Waals surface area contributed by atoms with E-state index in [2.05, 4.69) is 53.5 Å². The summed E-state index contributed by atoms with van der Waals surface area (Å²) in [5.41, 5.74) is 3.90. The van der Waals surface area contributed by atoms with E-state index in [0.717, 1.165) is 49.6 Å². The van der Waals surface area contributed by atoms with E-state index in [1.54, 1.807) is 0 Å². The van der Waals surface area contributed by atoms with Crippen LogP contribution in [-0.2, 0) is 29.2 Å². The second-order valence-electron chi connectivity index (χ2n) is 13.1. The van der Waals surface area contributed by atoms with Crippen molar-refractivity contribution in [1.82, 2.24) is 15.1 Å². The molecule has 4 bridgehead atoms. The third-order valence-electron chi connectivity index (χ3n) is 10.0. The van der Waals surface area contributed by atoms with Crippen LogP contribution in [0.5, 0.6) is 5.75 Å². The summed E-state index contributed by atoms with van der Waals surface area (Å²) in [6.45, 7) is 6.67. The lowest BCUT2D eigenvalue weighted by Crippen LogP contribution is -2.51. The summed E-state index contributed by atoms with van der Waals surface area (Å²) < 4.78 is 6.23. The second-order valence-corrected chi connectivity index (χ2v) is 13.1. The Morgan fingerprint density at radius 1 is 0.900 bits per heavy atom. The van der Waals surface area contributed by atoms with Crippen LogP contribution in [0.1, 0.15) is 68.6 Å². The maximum absolute atomic E-state index is 12.9. The average Bonchev–Trinajstić information content (AvgIpc) is 2.95. The van der Waals surface area contributed by atoms with Crippen molar-refractivity contribution in [2.75, 3.05) is 32.7 Å². The molecule has 5 aliphatic rings. The van der Waals surface area contributed by atoms with E-state index >= 15 is 0 Å². The smallest absolute Gasteiger partial charge is 0.242 e. The molecule has 2 amide bonds. The SMILES string of the molecule is CCc1cccc(COc2ccccc2CN2CCN(C(=O)CNC(=O)CC34CC5CC(CC(C5)C3)C4)CC2)c1. The molecule has 5 fully saturated rings. The molecule has 0 unspecified atom stereocenters. The zero-order valence-electron chi connectivity index (χ0n) is 24.1. The molecule has 40 heavy (non-hydrogen) atoms. The Hall–Kier alpha value is -2.86. The first kappa shape index (κ1) is 27.3. The van der Waals surface area contributed by atoms with E-state index < -0.39 is 0 Å². The number of nitrogens with zero attached hydrogens (tertiary/aromatic N) is 2. The fraction of sp³-hybridized carbons (Fsp3) is 0.588. The Morgan fingerprint density at radius 3 is 2.27 bits per heavy atom. The van der Waals surface area contributed by atoms with Gasteiger partial charge in [-0.05, 0) is 85.3 Å². The number of carbonyl (C=O) groups is 2. The quantitative estimate of drug-likeness (QED) is 0.448. The van der Waals surface area contributed by atoms with Crippen LogP contribution in [0.2, 0.25) is 0 Å². The van der Waals surface area contributed by atoms with Crippen LogP contribution in [0, 0.1) is 23.2 Å². The van der Waals surface area contributed by atoms with Gasteiger partial charge in [0.05, 0.1) is 6.54 Å². The van der Waals surface area contributed by atoms with Gasteiger partial charge in [-0.3, -0.25) is 14.5 Å². The summed E-state index contributed by atoms with van der Waals surface area (Å²) in [6, 6.07) is 16.8. The van der Waals surface area contributed by atoms with Crippen molar-refractivity contribution in [3.05, 3.63) is 65.2 Å². The molecule has 1 aliphatic heterocycles. The van der Waals surface area contributed by atoms with Crippen molar-refractivity contribution in [3.63, 3.8) is 0 Å². The summed E-state index contributed by atoms with van der Waals surface area (Å²) in [5.74, 6) is 3.56. The summed E-state index contributed by atoms with van der Waals surface area (Å²) >= 11 is 0. The van der Waals surface area contributed by atoms with Crippen molar-refractivity contribution < 1.29 is 14.3 Å². The lowest BCUT2D eigenvalue weighted by atomic mass is 9.49. The van der Waals surface area contributed by atoms with Gasteiger partial charge in [0.1, 0.15) is 12.4 Å². The number of para-hydroxylation sites is 1. The number of hydrogen-bond acceptors (Lipinski definition) is 4. The van der Waals surface area contributed by atoms with Crippen LogP contribution in [0.3, 0.4) is 0 Å². The Bertz CT molecular complexity index is 1170. The molecule has 6 nitrogen and oxygen atoms in total. The molecule has 1 N–H and O–H groups in total. The minimum Gasteiger partial charge on any atom is -0.489 e. The lowest BCUT2D eigenvalue weighted by Gasteiger charge is -2.56. The topological polar surface area (TPSA) is 61.9 Å². The zero-order chi connectivity index (χ0) is 27.5. The van der Waals surface area contributed by atoms with Gasteiger partial charge in [0.15, 0.2) is 0 Å². The molecular formula is C34H45N3O3. The molecule has 0 spiro atoms. The van der Waals surface area contributed by atoms with Gasteiger partial charge in [0, 0.05) is 44.7 Å². The molecule has 6 heteroatoms. The zero-order valence-corrected chi connectivity index (χ0v) is 24.1. The van der Waals surface area contributed by atoms with Crippen LogP contribution in [0.25, 0.3) is 0 Å². The molecule has 2 aromatic carbocycles. The number of amides is 2. The van der Waals surface area contributed by atoms with Gasteiger partial charge < -0.3 is 15.0 Å². The highest BCUT2D eigenvalue weighted by Crippen LogP contribution is 2.61. The maximum atomic E-state index is 12.9. The molecule has 4 aliphatic carbocycles. The Balaban J connectivity index is 0.942. The van der Waals surface area contributed by atoms with E-state index in [0.29, 0.717) is 26.1 Å². The van der Waals surface area contributed by atoms with Gasteiger partial charge in [0.25, 0.3) is 0 Å². The van der Waals surface area contributed by atoms with Crippen molar-refractivity contribution >= 4 is 11.8 Å². The van der Waals surface area contributed by atoms with Gasteiger partial charge in [-0.15, -0.1) is 0 Å². The number of hydrogen-bond donors (Lipinski definition) is 1. The van der Waals surface area contributed by atoms with Crippen LogP contribution in [0.4, 0.5) is 0 Å². The predicted molar refractivity (Wildman–Crippen MR) is 157 cm³/mol. The number of rotatable bonds is 10. The van der Waals surface area contributed by atoms with E-state index in [1.807, 2.05) is 17.0 Å². The summed E-state index contributed by atoms with van der Waals surface area (Å²) in [5, 5.41) is 2.99. The lowest BCUT2D eigenvalue weighted by molar-refractivity contribution is -0.136. The van der Waals surface area contributed by atoms with E-state index in [9.17, 15) is 9.59 Å². The van der Waals surface area contributed by atoms with Crippen LogP contribution in [0.15, 0.2) is 48.5 Å². The highest BCUT2D eigenvalue weighted by molar-refractivity contribution is 5.85. The number of ether oxygens (including phenoxy) is 1. The minimum absolute atomic E-state index is 0.0385. The first-order valence-corrected chi connectivity index (χ1v) is 15.5. The number of nitrogens with one attached hydrogen (secondary N) is 1. The Labute approximate surface area is 239 Å². The number of piperazine rings is 1. The van der Waals surface area contributed by atoms with Crippen molar-refractivity contribution in [2.24, 2.45) is 23.2 Å². The summed E-state index contributed by atoms with van der Waals surface area (Å²) in [4.78, 5) is 30.1. The van der Waals surface area contributed by atoms with E-state index in [1.165, 1.54) is 55.2 Å². The normalized spacial score (nSPS) is 27.5.